The van der Waals surface area contributed by atoms with Gasteiger partial charge in [0, 0.05) is 12.7 Å². The normalized spacial score (nSPS) is 18.8. The van der Waals surface area contributed by atoms with E-state index in [1.54, 1.807) is 0 Å². The Balaban J connectivity index is 1.36. The molecule has 1 atom stereocenters. The van der Waals surface area contributed by atoms with Crippen LogP contribution in [0.1, 0.15) is 42.0 Å². The highest BCUT2D eigenvalue weighted by Crippen LogP contribution is 2.35. The van der Waals surface area contributed by atoms with Crippen molar-refractivity contribution in [1.29, 1.82) is 0 Å². The summed E-state index contributed by atoms with van der Waals surface area (Å²) in [5.74, 6) is 0.273. The summed E-state index contributed by atoms with van der Waals surface area (Å²) in [4.78, 5) is 8.49. The molecule has 1 unspecified atom stereocenters. The summed E-state index contributed by atoms with van der Waals surface area (Å²) in [6, 6.07) is 4.08. The molecule has 1 aliphatic heterocycles. The summed E-state index contributed by atoms with van der Waals surface area (Å²) >= 11 is 6.17. The van der Waals surface area contributed by atoms with E-state index in [0.29, 0.717) is 12.2 Å². The monoisotopic (exact) mass is 411 g/mol. The Morgan fingerprint density at radius 2 is 2.14 bits per heavy atom. The minimum absolute atomic E-state index is 0.243. The number of nitrogens with two attached hydrogens (primary N) is 1. The lowest BCUT2D eigenvalue weighted by molar-refractivity contribution is 0.565. The first-order valence-corrected chi connectivity index (χ1v) is 10.5. The average Bonchev–Trinajstić information content (AvgIpc) is 3.37. The number of aryl methyl sites for hydroxylation is 1. The first-order valence-electron chi connectivity index (χ1n) is 10.1. The molecule has 29 heavy (non-hydrogen) atoms. The summed E-state index contributed by atoms with van der Waals surface area (Å²) in [5, 5.41) is 4.50. The molecule has 150 valence electrons. The van der Waals surface area contributed by atoms with Gasteiger partial charge in [0.2, 0.25) is 0 Å². The van der Waals surface area contributed by atoms with Gasteiger partial charge in [0.1, 0.15) is 23.6 Å². The molecule has 3 heterocycles. The zero-order chi connectivity index (χ0) is 20.0. The van der Waals surface area contributed by atoms with E-state index in [9.17, 15) is 4.39 Å². The molecule has 7 heteroatoms. The number of halogens is 2. The van der Waals surface area contributed by atoms with Gasteiger partial charge in [-0.25, -0.2) is 14.4 Å². The molecule has 0 saturated carbocycles. The van der Waals surface area contributed by atoms with E-state index >= 15 is 0 Å². The molecule has 0 radical (unpaired) electrons. The number of hydrogen-bond acceptors (Lipinski definition) is 4. The topological polar surface area (TPSA) is 68.8 Å². The molecule has 5 rings (SSSR count). The fraction of sp³-hybridized carbons (Fsp3) is 0.364. The lowest BCUT2D eigenvalue weighted by Gasteiger charge is -2.22. The van der Waals surface area contributed by atoms with E-state index in [-0.39, 0.29) is 16.9 Å². The van der Waals surface area contributed by atoms with Crippen molar-refractivity contribution >= 4 is 28.5 Å². The zero-order valence-corrected chi connectivity index (χ0v) is 16.8. The van der Waals surface area contributed by atoms with Gasteiger partial charge in [-0.1, -0.05) is 23.3 Å². The van der Waals surface area contributed by atoms with Crippen LogP contribution in [0.2, 0.25) is 5.02 Å². The number of benzene rings is 1. The Kier molecular flexibility index (Phi) is 4.76. The summed E-state index contributed by atoms with van der Waals surface area (Å²) in [7, 11) is 0. The van der Waals surface area contributed by atoms with E-state index < -0.39 is 0 Å². The lowest BCUT2D eigenvalue weighted by Crippen LogP contribution is -2.26. The molecule has 1 aliphatic carbocycles. The largest absolute Gasteiger partial charge is 0.383 e. The first-order chi connectivity index (χ1) is 14.1. The van der Waals surface area contributed by atoms with Gasteiger partial charge in [-0.2, -0.15) is 0 Å². The predicted molar refractivity (Wildman–Crippen MR) is 113 cm³/mol. The zero-order valence-electron chi connectivity index (χ0n) is 16.1. The third kappa shape index (κ3) is 3.30. The average molecular weight is 412 g/mol. The molecule has 5 nitrogen and oxygen atoms in total. The standard InChI is InChI=1S/C22H23ClFN5/c23-19-10-14(18-11-26-7-5-16(18)20(19)24)3-1-13-2-4-15(9-13)29-8-6-17-21(25)27-12-28-22(17)29/h6,8-10,12,15,26H,1-5,7,11H2,(H2,25,27,28). The summed E-state index contributed by atoms with van der Waals surface area (Å²) in [5.41, 5.74) is 11.3. The highest BCUT2D eigenvalue weighted by Gasteiger charge is 2.22. The molecular weight excluding hydrogens is 389 g/mol. The van der Waals surface area contributed by atoms with Gasteiger partial charge in [-0.15, -0.1) is 0 Å². The van der Waals surface area contributed by atoms with Crippen molar-refractivity contribution < 1.29 is 4.39 Å². The van der Waals surface area contributed by atoms with Gasteiger partial charge in [0.15, 0.2) is 0 Å². The number of allylic oxidation sites excluding steroid dienone is 2. The van der Waals surface area contributed by atoms with Gasteiger partial charge >= 0.3 is 0 Å². The van der Waals surface area contributed by atoms with Crippen LogP contribution in [0.25, 0.3) is 11.0 Å². The maximum absolute atomic E-state index is 14.4. The van der Waals surface area contributed by atoms with Gasteiger partial charge in [0.25, 0.3) is 0 Å². The van der Waals surface area contributed by atoms with Gasteiger partial charge < -0.3 is 15.6 Å². The fourth-order valence-electron chi connectivity index (χ4n) is 4.66. The molecule has 2 aromatic heterocycles. The van der Waals surface area contributed by atoms with Crippen molar-refractivity contribution in [3.05, 3.63) is 63.8 Å². The van der Waals surface area contributed by atoms with Crippen molar-refractivity contribution in [2.75, 3.05) is 12.3 Å². The van der Waals surface area contributed by atoms with Gasteiger partial charge in [-0.05, 0) is 67.5 Å². The Morgan fingerprint density at radius 3 is 3.03 bits per heavy atom. The smallest absolute Gasteiger partial charge is 0.146 e. The van der Waals surface area contributed by atoms with Crippen LogP contribution >= 0.6 is 11.6 Å². The first kappa shape index (κ1) is 18.6. The quantitative estimate of drug-likeness (QED) is 0.626. The number of fused-ring (bicyclic) bond motifs is 2. The van der Waals surface area contributed by atoms with E-state index in [0.717, 1.165) is 66.5 Å². The van der Waals surface area contributed by atoms with E-state index in [2.05, 4.69) is 25.9 Å². The van der Waals surface area contributed by atoms with Crippen molar-refractivity contribution in [3.8, 4) is 0 Å². The molecule has 1 aromatic carbocycles. The lowest BCUT2D eigenvalue weighted by atomic mass is 9.92. The maximum Gasteiger partial charge on any atom is 0.146 e. The van der Waals surface area contributed by atoms with Crippen LogP contribution in [-0.2, 0) is 19.4 Å². The molecule has 0 bridgehead atoms. The molecular formula is C22H23ClFN5. The third-order valence-electron chi connectivity index (χ3n) is 6.18. The number of nitrogens with one attached hydrogen (secondary N) is 1. The number of nitrogens with zero attached hydrogens (tertiary/aromatic N) is 3. The van der Waals surface area contributed by atoms with Crippen LogP contribution in [0, 0.1) is 5.82 Å². The van der Waals surface area contributed by atoms with E-state index in [1.165, 1.54) is 11.9 Å². The van der Waals surface area contributed by atoms with E-state index in [4.69, 9.17) is 17.3 Å². The minimum Gasteiger partial charge on any atom is -0.383 e. The van der Waals surface area contributed by atoms with Crippen LogP contribution < -0.4 is 11.1 Å². The second-order valence-electron chi connectivity index (χ2n) is 7.87. The van der Waals surface area contributed by atoms with Crippen molar-refractivity contribution in [3.63, 3.8) is 0 Å². The second kappa shape index (κ2) is 7.43. The van der Waals surface area contributed by atoms with Crippen molar-refractivity contribution in [2.45, 2.75) is 44.7 Å². The molecule has 2 aliphatic rings. The Bertz CT molecular complexity index is 1120. The van der Waals surface area contributed by atoms with Crippen LogP contribution in [0.5, 0.6) is 0 Å². The summed E-state index contributed by atoms with van der Waals surface area (Å²) in [6.45, 7) is 1.52. The highest BCUT2D eigenvalue weighted by atomic mass is 35.5. The molecule has 3 aromatic rings. The molecule has 0 spiro atoms. The Labute approximate surface area is 173 Å². The second-order valence-corrected chi connectivity index (χ2v) is 8.27. The number of hydrogen-bond donors (Lipinski definition) is 2. The van der Waals surface area contributed by atoms with Gasteiger partial charge in [-0.3, -0.25) is 0 Å². The third-order valence-corrected chi connectivity index (χ3v) is 6.46. The number of nitrogen functional groups attached to an aromatic ring is 1. The fourth-order valence-corrected chi connectivity index (χ4v) is 4.90. The maximum atomic E-state index is 14.4. The molecule has 0 fully saturated rings. The molecule has 3 N–H and O–H groups in total. The Morgan fingerprint density at radius 1 is 1.24 bits per heavy atom. The SMILES string of the molecule is Nc1ncnc2c1ccn2C1C=C(CCc2cc(Cl)c(F)c3c2CNCC3)CC1. The van der Waals surface area contributed by atoms with Crippen LogP contribution in [0.4, 0.5) is 10.2 Å². The molecule has 0 amide bonds. The molecule has 0 saturated heterocycles. The number of anilines is 1. The Hall–Kier alpha value is -2.44. The summed E-state index contributed by atoms with van der Waals surface area (Å²) in [6.07, 6.45) is 10.5. The van der Waals surface area contributed by atoms with Crippen molar-refractivity contribution in [1.82, 2.24) is 19.9 Å². The summed E-state index contributed by atoms with van der Waals surface area (Å²) < 4.78 is 16.6. The predicted octanol–water partition coefficient (Wildman–Crippen LogP) is 4.35. The van der Waals surface area contributed by atoms with Gasteiger partial charge in [0.05, 0.1) is 16.5 Å². The van der Waals surface area contributed by atoms with Crippen LogP contribution in [0.3, 0.4) is 0 Å². The minimum atomic E-state index is -0.243. The highest BCUT2D eigenvalue weighted by molar-refractivity contribution is 6.30. The van der Waals surface area contributed by atoms with Crippen LogP contribution in [-0.4, -0.2) is 21.1 Å². The number of aromatic nitrogens is 3. The van der Waals surface area contributed by atoms with E-state index in [1.807, 2.05) is 18.3 Å². The van der Waals surface area contributed by atoms with Crippen molar-refractivity contribution in [2.24, 2.45) is 0 Å². The van der Waals surface area contributed by atoms with Crippen LogP contribution in [0.15, 0.2) is 36.3 Å². The number of rotatable bonds is 4.